The fourth-order valence-electron chi connectivity index (χ4n) is 3.21. The van der Waals surface area contributed by atoms with Gasteiger partial charge in [-0.1, -0.05) is 30.0 Å². The molecule has 0 aliphatic rings. The Labute approximate surface area is 200 Å². The number of carbonyl (C=O) groups excluding carboxylic acids is 2. The fraction of sp³-hybridized carbons (Fsp3) is 0.385. The molecule has 0 atom stereocenters. The molecule has 3 N–H and O–H groups in total. The highest BCUT2D eigenvalue weighted by Gasteiger charge is 2.24. The molecule has 182 valence electrons. The van der Waals surface area contributed by atoms with Gasteiger partial charge in [0.1, 0.15) is 19.8 Å². The third-order valence-corrected chi connectivity index (χ3v) is 4.99. The van der Waals surface area contributed by atoms with Crippen LogP contribution in [0, 0.1) is 25.7 Å². The first kappa shape index (κ1) is 27.0. The highest BCUT2D eigenvalue weighted by atomic mass is 16.6. The van der Waals surface area contributed by atoms with E-state index >= 15 is 0 Å². The minimum atomic E-state index is -1.08. The predicted octanol–water partition coefficient (Wildman–Crippen LogP) is 2.24. The fourth-order valence-corrected chi connectivity index (χ4v) is 3.21. The van der Waals surface area contributed by atoms with E-state index in [1.165, 1.54) is 5.01 Å². The second-order valence-electron chi connectivity index (χ2n) is 8.13. The zero-order chi connectivity index (χ0) is 25.1. The number of nitrogens with one attached hydrogen (secondary N) is 1. The van der Waals surface area contributed by atoms with Gasteiger partial charge in [-0.25, -0.2) is 15.2 Å². The Kier molecular flexibility index (Phi) is 10.2. The average Bonchev–Trinajstić information content (AvgIpc) is 2.80. The number of anilines is 1. The number of aliphatic hydroxyl groups excluding tert-OH is 1. The molecule has 1 amide bonds. The lowest BCUT2D eigenvalue weighted by Crippen LogP contribution is -2.43. The van der Waals surface area contributed by atoms with Gasteiger partial charge in [0, 0.05) is 5.56 Å². The summed E-state index contributed by atoms with van der Waals surface area (Å²) in [6.07, 6.45) is 0. The highest BCUT2D eigenvalue weighted by Crippen LogP contribution is 2.30. The van der Waals surface area contributed by atoms with Crippen LogP contribution in [0.3, 0.4) is 0 Å². The molecule has 0 unspecified atom stereocenters. The Morgan fingerprint density at radius 3 is 2.47 bits per heavy atom. The minimum Gasteiger partial charge on any atom is -0.462 e. The quantitative estimate of drug-likeness (QED) is 0.212. The Balaban J connectivity index is 2.16. The monoisotopic (exact) mass is 468 g/mol. The summed E-state index contributed by atoms with van der Waals surface area (Å²) in [6.45, 7) is 6.86. The van der Waals surface area contributed by atoms with Gasteiger partial charge in [-0.05, 0) is 68.7 Å². The summed E-state index contributed by atoms with van der Waals surface area (Å²) < 4.78 is 9.80. The van der Waals surface area contributed by atoms with Gasteiger partial charge in [-0.3, -0.25) is 4.79 Å². The van der Waals surface area contributed by atoms with Crippen LogP contribution in [-0.4, -0.2) is 55.1 Å². The maximum Gasteiger partial charge on any atom is 0.332 e. The largest absolute Gasteiger partial charge is 0.462 e. The Morgan fingerprint density at radius 1 is 1.12 bits per heavy atom. The minimum absolute atomic E-state index is 0.00895. The highest BCUT2D eigenvalue weighted by molar-refractivity contribution is 6.05. The summed E-state index contributed by atoms with van der Waals surface area (Å²) >= 11 is 0. The normalized spacial score (nSPS) is 10.9. The number of hydrogen-bond acceptors (Lipinski definition) is 7. The van der Waals surface area contributed by atoms with Gasteiger partial charge < -0.3 is 19.7 Å². The average molecular weight is 469 g/mol. The number of rotatable bonds is 10. The summed E-state index contributed by atoms with van der Waals surface area (Å²) in [5.41, 5.74) is 5.66. The van der Waals surface area contributed by atoms with E-state index in [1.54, 1.807) is 44.2 Å². The van der Waals surface area contributed by atoms with Crippen LogP contribution in [0.25, 0.3) is 0 Å². The summed E-state index contributed by atoms with van der Waals surface area (Å²) in [4.78, 5) is 24.6. The van der Waals surface area contributed by atoms with E-state index in [1.807, 2.05) is 26.0 Å². The maximum absolute atomic E-state index is 13.3. The zero-order valence-corrected chi connectivity index (χ0v) is 20.1. The number of carbonyl (C=O) groups is 2. The van der Waals surface area contributed by atoms with Crippen molar-refractivity contribution in [2.24, 2.45) is 0 Å². The molecule has 0 saturated carbocycles. The molecule has 0 saturated heterocycles. The first-order valence-electron chi connectivity index (χ1n) is 10.9. The number of nitrogens with zero attached hydrogens (tertiary/aromatic N) is 1. The third-order valence-electron chi connectivity index (χ3n) is 4.99. The summed E-state index contributed by atoms with van der Waals surface area (Å²) in [5.74, 6) is 4.78. The molecule has 8 nitrogen and oxygen atoms in total. The van der Waals surface area contributed by atoms with Crippen molar-refractivity contribution >= 4 is 17.6 Å². The number of amides is 1. The van der Waals surface area contributed by atoms with Crippen molar-refractivity contribution in [3.63, 3.8) is 0 Å². The number of aliphatic hydroxyl groups is 2. The number of ether oxygens (including phenoxy) is 2. The standard InChI is InChI=1S/C26H32N2O6/c1-19-16-22(17-23(20(19)2)26(3,4)32)28(25(31)21-10-6-5-7-11-21)27-12-8-9-14-33-18-24(30)34-15-13-29/h5-7,10-11,16-17,27,29,32H,12-15,18H2,1-4H3. The van der Waals surface area contributed by atoms with Crippen LogP contribution in [-0.2, 0) is 19.9 Å². The second kappa shape index (κ2) is 12.9. The number of aryl methyl sites for hydroxylation is 1. The lowest BCUT2D eigenvalue weighted by molar-refractivity contribution is -0.149. The Morgan fingerprint density at radius 2 is 1.82 bits per heavy atom. The Hall–Kier alpha value is -3.22. The van der Waals surface area contributed by atoms with E-state index in [0.717, 1.165) is 16.7 Å². The van der Waals surface area contributed by atoms with Crippen molar-refractivity contribution in [2.75, 3.05) is 38.0 Å². The molecule has 0 aliphatic heterocycles. The molecule has 34 heavy (non-hydrogen) atoms. The zero-order valence-electron chi connectivity index (χ0n) is 20.1. The molecule has 2 aromatic carbocycles. The van der Waals surface area contributed by atoms with E-state index in [2.05, 4.69) is 22.0 Å². The Bertz CT molecular complexity index is 1030. The van der Waals surface area contributed by atoms with Crippen LogP contribution in [0.15, 0.2) is 42.5 Å². The van der Waals surface area contributed by atoms with Crippen molar-refractivity contribution in [1.29, 1.82) is 0 Å². The van der Waals surface area contributed by atoms with E-state index in [4.69, 9.17) is 9.84 Å². The number of esters is 1. The van der Waals surface area contributed by atoms with Gasteiger partial charge in [-0.2, -0.15) is 0 Å². The molecule has 0 fully saturated rings. The van der Waals surface area contributed by atoms with Gasteiger partial charge in [0.25, 0.3) is 5.91 Å². The van der Waals surface area contributed by atoms with Crippen LogP contribution in [0.2, 0.25) is 0 Å². The molecular weight excluding hydrogens is 436 g/mol. The number of benzene rings is 2. The molecule has 0 aromatic heterocycles. The summed E-state index contributed by atoms with van der Waals surface area (Å²) in [7, 11) is 0. The van der Waals surface area contributed by atoms with Crippen LogP contribution < -0.4 is 10.4 Å². The molecule has 8 heteroatoms. The lowest BCUT2D eigenvalue weighted by Gasteiger charge is -2.28. The third kappa shape index (κ3) is 7.97. The summed E-state index contributed by atoms with van der Waals surface area (Å²) in [5, 5.41) is 20.7. The second-order valence-corrected chi connectivity index (χ2v) is 8.13. The number of hydrazine groups is 1. The molecular formula is C26H32N2O6. The molecule has 0 spiro atoms. The smallest absolute Gasteiger partial charge is 0.332 e. The number of hydrogen-bond donors (Lipinski definition) is 3. The van der Waals surface area contributed by atoms with Gasteiger partial charge >= 0.3 is 5.97 Å². The van der Waals surface area contributed by atoms with Crippen LogP contribution in [0.4, 0.5) is 5.69 Å². The first-order chi connectivity index (χ1) is 16.1. The van der Waals surface area contributed by atoms with Gasteiger partial charge in [0.15, 0.2) is 0 Å². The molecule has 0 aliphatic carbocycles. The SMILES string of the molecule is Cc1cc(N(NCC#CCOCC(=O)OCCO)C(=O)c2ccccc2)cc(C(C)(C)O)c1C. The van der Waals surface area contributed by atoms with E-state index in [0.29, 0.717) is 11.3 Å². The van der Waals surface area contributed by atoms with Gasteiger partial charge in [0.2, 0.25) is 0 Å². The van der Waals surface area contributed by atoms with E-state index < -0.39 is 11.6 Å². The lowest BCUT2D eigenvalue weighted by atomic mass is 9.90. The van der Waals surface area contributed by atoms with Crippen LogP contribution in [0.1, 0.15) is 40.9 Å². The molecule has 0 bridgehead atoms. The molecule has 0 heterocycles. The van der Waals surface area contributed by atoms with Crippen molar-refractivity contribution < 1.29 is 29.3 Å². The molecule has 2 rings (SSSR count). The van der Waals surface area contributed by atoms with Crippen molar-refractivity contribution in [3.05, 3.63) is 64.7 Å². The summed E-state index contributed by atoms with van der Waals surface area (Å²) in [6, 6.07) is 12.5. The molecule has 0 radical (unpaired) electrons. The van der Waals surface area contributed by atoms with Crippen molar-refractivity contribution in [1.82, 2.24) is 5.43 Å². The first-order valence-corrected chi connectivity index (χ1v) is 10.9. The van der Waals surface area contributed by atoms with Gasteiger partial charge in [0.05, 0.1) is 24.4 Å². The topological polar surface area (TPSA) is 108 Å². The molecule has 2 aromatic rings. The van der Waals surface area contributed by atoms with Crippen LogP contribution >= 0.6 is 0 Å². The predicted molar refractivity (Wildman–Crippen MR) is 129 cm³/mol. The maximum atomic E-state index is 13.3. The van der Waals surface area contributed by atoms with Crippen molar-refractivity contribution in [3.8, 4) is 11.8 Å². The van der Waals surface area contributed by atoms with Crippen LogP contribution in [0.5, 0.6) is 0 Å². The van der Waals surface area contributed by atoms with Crippen molar-refractivity contribution in [2.45, 2.75) is 33.3 Å². The van der Waals surface area contributed by atoms with E-state index in [-0.39, 0.29) is 38.9 Å². The van der Waals surface area contributed by atoms with E-state index in [9.17, 15) is 14.7 Å². The van der Waals surface area contributed by atoms with Gasteiger partial charge in [-0.15, -0.1) is 0 Å².